The molecular weight excluding hydrogens is 668 g/mol. The summed E-state index contributed by atoms with van der Waals surface area (Å²) in [6.45, 7) is 11.8. The number of hydrogen-bond donors (Lipinski definition) is 0. The van der Waals surface area contributed by atoms with Gasteiger partial charge in [-0.15, -0.1) is 0 Å². The molecule has 6 rings (SSSR count). The molecule has 0 N–H and O–H groups in total. The zero-order valence-corrected chi connectivity index (χ0v) is 30.9. The van der Waals surface area contributed by atoms with Crippen LogP contribution in [-0.2, 0) is 22.6 Å². The van der Waals surface area contributed by atoms with Gasteiger partial charge in [0.1, 0.15) is 37.1 Å². The second kappa shape index (κ2) is 17.5. The Morgan fingerprint density at radius 1 is 0.679 bits per heavy atom. The largest absolute Gasteiger partial charge is 0.492 e. The Bertz CT molecular complexity index is 2090. The van der Waals surface area contributed by atoms with Crippen LogP contribution in [0.1, 0.15) is 54.2 Å². The van der Waals surface area contributed by atoms with Crippen LogP contribution in [-0.4, -0.2) is 56.0 Å². The molecule has 0 unspecified atom stereocenters. The van der Waals surface area contributed by atoms with Gasteiger partial charge in [0.2, 0.25) is 0 Å². The Morgan fingerprint density at radius 2 is 1.28 bits per heavy atom. The van der Waals surface area contributed by atoms with Gasteiger partial charge in [-0.05, 0) is 88.4 Å². The van der Waals surface area contributed by atoms with Crippen LogP contribution in [0.25, 0.3) is 17.1 Å². The number of ether oxygens (including phenoxy) is 4. The van der Waals surface area contributed by atoms with Crippen LogP contribution in [0, 0.1) is 0 Å². The summed E-state index contributed by atoms with van der Waals surface area (Å²) in [4.78, 5) is 30.0. The Balaban J connectivity index is 1.38. The van der Waals surface area contributed by atoms with Gasteiger partial charge in [-0.25, -0.2) is 18.7 Å². The summed E-state index contributed by atoms with van der Waals surface area (Å²) in [7, 11) is 0. The first-order chi connectivity index (χ1) is 26.0. The van der Waals surface area contributed by atoms with Gasteiger partial charge in [0, 0.05) is 18.7 Å². The molecule has 0 saturated heterocycles. The van der Waals surface area contributed by atoms with Crippen molar-refractivity contribution in [3.05, 3.63) is 132 Å². The number of aromatic nitrogens is 2. The van der Waals surface area contributed by atoms with Gasteiger partial charge in [-0.1, -0.05) is 42.5 Å². The Hall–Kier alpha value is -6.03. The maximum atomic E-state index is 12.8. The van der Waals surface area contributed by atoms with Crippen molar-refractivity contribution < 1.29 is 33.1 Å². The molecule has 10 heteroatoms. The second-order valence-electron chi connectivity index (χ2n) is 12.2. The number of imidazole rings is 1. The van der Waals surface area contributed by atoms with Crippen molar-refractivity contribution in [3.8, 4) is 11.5 Å². The number of nitrogens with zero attached hydrogens (tertiary/aromatic N) is 4. The standard InChI is InChI=1S/C43H47N4O6/c1-5-44-36-24-22-32(42(48)50-7-3)30-38(36)46(26-28-52-34-16-11-9-12-17-34)40(44)20-15-21-41-45(6-2)37-25-23-33(43(49)51-8-4)31-39(37)47(41)27-29-53-35-18-13-10-14-19-35/h9-25,30-31H,5-8,26-29H2,1-4H3/q+1. The first-order valence-electron chi connectivity index (χ1n) is 18.3. The van der Waals surface area contributed by atoms with Crippen molar-refractivity contribution in [1.82, 2.24) is 4.57 Å². The van der Waals surface area contributed by atoms with Crippen LogP contribution in [0.15, 0.2) is 115 Å². The lowest BCUT2D eigenvalue weighted by atomic mass is 10.1. The van der Waals surface area contributed by atoms with Crippen molar-refractivity contribution in [2.45, 2.75) is 40.8 Å². The van der Waals surface area contributed by atoms with Gasteiger partial charge in [0.15, 0.2) is 11.0 Å². The van der Waals surface area contributed by atoms with E-state index in [-0.39, 0.29) is 11.9 Å². The van der Waals surface area contributed by atoms with Gasteiger partial charge in [-0.2, -0.15) is 0 Å². The summed E-state index contributed by atoms with van der Waals surface area (Å²) in [5, 5.41) is 0. The molecule has 0 bridgehead atoms. The molecule has 1 aliphatic rings. The molecule has 0 amide bonds. The van der Waals surface area contributed by atoms with E-state index in [1.165, 1.54) is 0 Å². The molecule has 0 saturated carbocycles. The first kappa shape index (κ1) is 36.8. The first-order valence-corrected chi connectivity index (χ1v) is 18.3. The smallest absolute Gasteiger partial charge is 0.338 e. The Labute approximate surface area is 311 Å². The maximum absolute atomic E-state index is 12.8. The number of para-hydroxylation sites is 2. The van der Waals surface area contributed by atoms with Gasteiger partial charge in [0.05, 0.1) is 48.8 Å². The number of benzene rings is 4. The third kappa shape index (κ3) is 8.22. The van der Waals surface area contributed by atoms with Crippen LogP contribution in [0.4, 0.5) is 11.4 Å². The number of hydrogen-bond acceptors (Lipinski definition) is 8. The number of rotatable bonds is 16. The highest BCUT2D eigenvalue weighted by atomic mass is 16.5. The van der Waals surface area contributed by atoms with E-state index < -0.39 is 0 Å². The number of carbonyl (C=O) groups is 2. The monoisotopic (exact) mass is 715 g/mol. The molecule has 10 nitrogen and oxygen atoms in total. The zero-order chi connectivity index (χ0) is 37.2. The fourth-order valence-electron chi connectivity index (χ4n) is 6.66. The summed E-state index contributed by atoms with van der Waals surface area (Å²) in [6.07, 6.45) is 6.26. The minimum atomic E-state index is -0.351. The van der Waals surface area contributed by atoms with E-state index in [2.05, 4.69) is 51.0 Å². The van der Waals surface area contributed by atoms with Crippen LogP contribution in [0.2, 0.25) is 0 Å². The van der Waals surface area contributed by atoms with Gasteiger partial charge < -0.3 is 28.7 Å². The average Bonchev–Trinajstić information content (AvgIpc) is 3.65. The van der Waals surface area contributed by atoms with Crippen molar-refractivity contribution >= 4 is 40.4 Å². The molecule has 0 fully saturated rings. The minimum Gasteiger partial charge on any atom is -0.492 e. The number of aryl methyl sites for hydroxylation is 1. The topological polar surface area (TPSA) is 86.3 Å². The highest BCUT2D eigenvalue weighted by molar-refractivity contribution is 5.95. The third-order valence-corrected chi connectivity index (χ3v) is 9.02. The van der Waals surface area contributed by atoms with Crippen LogP contribution >= 0.6 is 0 Å². The lowest BCUT2D eigenvalue weighted by Crippen LogP contribution is -2.35. The number of anilines is 2. The predicted octanol–water partition coefficient (Wildman–Crippen LogP) is 7.66. The number of esters is 2. The highest BCUT2D eigenvalue weighted by Gasteiger charge is 2.31. The van der Waals surface area contributed by atoms with E-state index >= 15 is 0 Å². The van der Waals surface area contributed by atoms with Crippen molar-refractivity contribution in [1.29, 1.82) is 0 Å². The van der Waals surface area contributed by atoms with E-state index in [4.69, 9.17) is 18.9 Å². The predicted molar refractivity (Wildman–Crippen MR) is 208 cm³/mol. The number of fused-ring (bicyclic) bond motifs is 2. The highest BCUT2D eigenvalue weighted by Crippen LogP contribution is 2.42. The third-order valence-electron chi connectivity index (χ3n) is 9.02. The van der Waals surface area contributed by atoms with Crippen LogP contribution < -0.4 is 23.8 Å². The molecule has 2 heterocycles. The van der Waals surface area contributed by atoms with Gasteiger partial charge in [-0.3, -0.25) is 0 Å². The average molecular weight is 716 g/mol. The molecule has 0 aliphatic carbocycles. The second-order valence-corrected chi connectivity index (χ2v) is 12.2. The normalized spacial score (nSPS) is 13.2. The molecule has 0 atom stereocenters. The fraction of sp³-hybridized carbons (Fsp3) is 0.279. The summed E-state index contributed by atoms with van der Waals surface area (Å²) in [6, 6.07) is 30.9. The summed E-state index contributed by atoms with van der Waals surface area (Å²) >= 11 is 0. The zero-order valence-electron chi connectivity index (χ0n) is 30.9. The Kier molecular flexibility index (Phi) is 12.1. The number of carbonyl (C=O) groups excluding carboxylic acids is 2. The van der Waals surface area contributed by atoms with Gasteiger partial charge >= 0.3 is 11.9 Å². The van der Waals surface area contributed by atoms with E-state index in [1.54, 1.807) is 0 Å². The van der Waals surface area contributed by atoms with Crippen molar-refractivity contribution in [3.63, 3.8) is 0 Å². The molecule has 4 aromatic carbocycles. The minimum absolute atomic E-state index is 0.304. The van der Waals surface area contributed by atoms with E-state index in [9.17, 15) is 9.59 Å². The van der Waals surface area contributed by atoms with E-state index in [0.29, 0.717) is 63.7 Å². The summed E-state index contributed by atoms with van der Waals surface area (Å²) in [5.74, 6) is 2.80. The summed E-state index contributed by atoms with van der Waals surface area (Å²) in [5.41, 5.74) is 4.83. The maximum Gasteiger partial charge on any atom is 0.338 e. The molecule has 0 spiro atoms. The quantitative estimate of drug-likeness (QED) is 0.0761. The fourth-order valence-corrected chi connectivity index (χ4v) is 6.66. The number of allylic oxidation sites excluding steroid dienone is 2. The van der Waals surface area contributed by atoms with E-state index in [0.717, 1.165) is 45.6 Å². The van der Waals surface area contributed by atoms with Crippen LogP contribution in [0.3, 0.4) is 0 Å². The SMILES string of the molecule is CCOC(=O)c1ccc2c(c1)N(CCOc1ccccc1)C(=CC=Cc1n(CCOc3ccccc3)c3cc(C(=O)OCC)ccc3[n+]1CC)N2CC. The molecular formula is C43H47N4O6+. The van der Waals surface area contributed by atoms with E-state index in [1.807, 2.05) is 111 Å². The van der Waals surface area contributed by atoms with Crippen LogP contribution in [0.5, 0.6) is 11.5 Å². The molecule has 274 valence electrons. The molecule has 1 aliphatic heterocycles. The van der Waals surface area contributed by atoms with Crippen molar-refractivity contribution in [2.24, 2.45) is 0 Å². The van der Waals surface area contributed by atoms with Gasteiger partial charge in [0.25, 0.3) is 5.82 Å². The summed E-state index contributed by atoms with van der Waals surface area (Å²) < 4.78 is 27.4. The molecule has 53 heavy (non-hydrogen) atoms. The molecule has 5 aromatic rings. The molecule has 0 radical (unpaired) electrons. The Morgan fingerprint density at radius 3 is 1.89 bits per heavy atom. The van der Waals surface area contributed by atoms with Crippen molar-refractivity contribution in [2.75, 3.05) is 49.3 Å². The lowest BCUT2D eigenvalue weighted by Gasteiger charge is -2.24. The molecule has 1 aromatic heterocycles. The lowest BCUT2D eigenvalue weighted by molar-refractivity contribution is -0.670.